The van der Waals surface area contributed by atoms with Gasteiger partial charge in [-0.1, -0.05) is 17.5 Å². The van der Waals surface area contributed by atoms with E-state index in [4.69, 9.17) is 23.3 Å². The highest BCUT2D eigenvalue weighted by atomic mass is 35.5. The lowest BCUT2D eigenvalue weighted by atomic mass is 9.59. The van der Waals surface area contributed by atoms with Crippen molar-refractivity contribution < 1.29 is 23.2 Å². The van der Waals surface area contributed by atoms with Crippen LogP contribution in [0.5, 0.6) is 0 Å². The van der Waals surface area contributed by atoms with E-state index in [1.54, 1.807) is 6.07 Å². The first-order valence-corrected chi connectivity index (χ1v) is 10.3. The molecule has 1 amide bonds. The molecule has 1 aliphatic rings. The predicted octanol–water partition coefficient (Wildman–Crippen LogP) is 4.53. The second-order valence-electron chi connectivity index (χ2n) is 8.58. The van der Waals surface area contributed by atoms with Gasteiger partial charge in [0.2, 0.25) is 11.6 Å². The zero-order valence-electron chi connectivity index (χ0n) is 18.2. The number of nitriles is 1. The Morgan fingerprint density at radius 3 is 2.52 bits per heavy atom. The van der Waals surface area contributed by atoms with Crippen LogP contribution in [0, 0.1) is 41.8 Å². The van der Waals surface area contributed by atoms with Crippen molar-refractivity contribution in [3.05, 3.63) is 51.6 Å². The largest absolute Gasteiger partial charge is 0.330 e. The number of nitrogens with one attached hydrogen (secondary N) is 1. The van der Waals surface area contributed by atoms with Crippen molar-refractivity contribution in [2.24, 2.45) is 12.5 Å². The maximum absolute atomic E-state index is 14.0. The number of hydrogen-bond acceptors (Lipinski definition) is 4. The summed E-state index contributed by atoms with van der Waals surface area (Å²) in [6.45, 7) is 2.85. The average molecular weight is 472 g/mol. The van der Waals surface area contributed by atoms with Crippen molar-refractivity contribution >= 4 is 34.8 Å². The Balaban J connectivity index is 1.87. The number of amides is 1. The molecule has 2 aromatic rings. The molecule has 6 nitrogen and oxygen atoms in total. The minimum atomic E-state index is -1.48. The van der Waals surface area contributed by atoms with E-state index in [1.807, 2.05) is 0 Å². The third kappa shape index (κ3) is 4.40. The van der Waals surface area contributed by atoms with Gasteiger partial charge in [0.05, 0.1) is 11.1 Å². The maximum Gasteiger partial charge on any atom is 0.272 e. The molecule has 1 aromatic heterocycles. The third-order valence-electron chi connectivity index (χ3n) is 5.83. The number of hydrogen-bond donors (Lipinski definition) is 1. The molecule has 9 heteroatoms. The fraction of sp³-hybridized carbons (Fsp3) is 0.333. The van der Waals surface area contributed by atoms with Gasteiger partial charge in [-0.05, 0) is 50.5 Å². The number of anilines is 1. The molecule has 3 rings (SSSR count). The molecule has 33 heavy (non-hydrogen) atoms. The Labute approximate surface area is 194 Å². The Morgan fingerprint density at radius 1 is 1.33 bits per heavy atom. The predicted molar refractivity (Wildman–Crippen MR) is 118 cm³/mol. The summed E-state index contributed by atoms with van der Waals surface area (Å²) in [4.78, 5) is 38.5. The standard InChI is InChI=1S/C24H20ClF2N3O3/c1-5-24(11-23(3,27)12-24)9-17(31)20(32)18-13(2)19(30(4)21(18)25)22(33)29-15-6-7-16(26)14(8-15)10-28/h1,6-8H,9,11-12H2,2-4H3,(H,29,33). The minimum Gasteiger partial charge on any atom is -0.330 e. The fourth-order valence-electron chi connectivity index (χ4n) is 4.42. The van der Waals surface area contributed by atoms with E-state index in [9.17, 15) is 23.2 Å². The quantitative estimate of drug-likeness (QED) is 0.380. The first-order chi connectivity index (χ1) is 15.3. The molecule has 0 radical (unpaired) electrons. The van der Waals surface area contributed by atoms with Crippen LogP contribution in [0.4, 0.5) is 14.5 Å². The lowest BCUT2D eigenvalue weighted by molar-refractivity contribution is -0.120. The van der Waals surface area contributed by atoms with E-state index in [1.165, 1.54) is 37.6 Å². The Hall–Kier alpha value is -3.49. The van der Waals surface area contributed by atoms with Crippen molar-refractivity contribution in [3.8, 4) is 18.4 Å². The van der Waals surface area contributed by atoms with Crippen LogP contribution in [0.15, 0.2) is 18.2 Å². The third-order valence-corrected chi connectivity index (χ3v) is 6.27. The normalized spacial score (nSPS) is 21.5. The lowest BCUT2D eigenvalue weighted by Gasteiger charge is -2.46. The molecular weight excluding hydrogens is 452 g/mol. The Bertz CT molecular complexity index is 1270. The smallest absolute Gasteiger partial charge is 0.272 e. The molecule has 1 saturated carbocycles. The molecule has 1 aromatic carbocycles. The van der Waals surface area contributed by atoms with Crippen molar-refractivity contribution in [2.75, 3.05) is 5.32 Å². The highest BCUT2D eigenvalue weighted by molar-refractivity contribution is 6.48. The molecule has 1 N–H and O–H groups in total. The number of alkyl halides is 1. The lowest BCUT2D eigenvalue weighted by Crippen LogP contribution is -2.47. The average Bonchev–Trinajstić information content (AvgIpc) is 2.95. The molecule has 0 atom stereocenters. The highest BCUT2D eigenvalue weighted by Gasteiger charge is 2.53. The van der Waals surface area contributed by atoms with Gasteiger partial charge in [0.25, 0.3) is 5.91 Å². The molecule has 0 bridgehead atoms. The number of carbonyl (C=O) groups excluding carboxylic acids is 3. The fourth-order valence-corrected chi connectivity index (χ4v) is 4.73. The number of Topliss-reactive ketones (excluding diaryl/α,β-unsaturated/α-hetero) is 2. The number of nitrogens with zero attached hydrogens (tertiary/aromatic N) is 2. The molecule has 170 valence electrons. The number of halogens is 3. The topological polar surface area (TPSA) is 92.0 Å². The summed E-state index contributed by atoms with van der Waals surface area (Å²) in [5.74, 6) is -0.690. The van der Waals surface area contributed by atoms with Crippen LogP contribution in [-0.2, 0) is 11.8 Å². The summed E-state index contributed by atoms with van der Waals surface area (Å²) < 4.78 is 28.8. The molecule has 1 aliphatic carbocycles. The molecule has 0 aliphatic heterocycles. The van der Waals surface area contributed by atoms with Gasteiger partial charge in [-0.25, -0.2) is 8.78 Å². The number of carbonyl (C=O) groups is 3. The van der Waals surface area contributed by atoms with E-state index in [-0.39, 0.29) is 52.5 Å². The molecule has 0 spiro atoms. The van der Waals surface area contributed by atoms with E-state index in [2.05, 4.69) is 11.2 Å². The number of ketones is 2. The van der Waals surface area contributed by atoms with Crippen LogP contribution in [0.25, 0.3) is 0 Å². The zero-order valence-corrected chi connectivity index (χ0v) is 18.9. The van der Waals surface area contributed by atoms with E-state index in [0.29, 0.717) is 0 Å². The summed E-state index contributed by atoms with van der Waals surface area (Å²) in [7, 11) is 1.44. The minimum absolute atomic E-state index is 0.00521. The van der Waals surface area contributed by atoms with Crippen LogP contribution in [0.3, 0.4) is 0 Å². The van der Waals surface area contributed by atoms with Gasteiger partial charge in [0.15, 0.2) is 0 Å². The van der Waals surface area contributed by atoms with Crippen LogP contribution < -0.4 is 5.32 Å². The van der Waals surface area contributed by atoms with Gasteiger partial charge in [-0.3, -0.25) is 14.4 Å². The summed E-state index contributed by atoms with van der Waals surface area (Å²) in [5.41, 5.74) is -2.56. The summed E-state index contributed by atoms with van der Waals surface area (Å²) >= 11 is 6.29. The zero-order chi connectivity index (χ0) is 24.7. The van der Waals surface area contributed by atoms with Gasteiger partial charge in [0.1, 0.15) is 28.4 Å². The van der Waals surface area contributed by atoms with Gasteiger partial charge in [-0.2, -0.15) is 5.26 Å². The highest BCUT2D eigenvalue weighted by Crippen LogP contribution is 2.52. The van der Waals surface area contributed by atoms with Gasteiger partial charge < -0.3 is 9.88 Å². The molecule has 0 saturated heterocycles. The van der Waals surface area contributed by atoms with E-state index >= 15 is 0 Å². The molecule has 1 fully saturated rings. The van der Waals surface area contributed by atoms with Gasteiger partial charge in [-0.15, -0.1) is 6.42 Å². The first kappa shape index (κ1) is 24.2. The second-order valence-corrected chi connectivity index (χ2v) is 8.94. The van der Waals surface area contributed by atoms with Crippen molar-refractivity contribution in [1.82, 2.24) is 4.57 Å². The summed E-state index contributed by atoms with van der Waals surface area (Å²) in [6, 6.07) is 5.16. The Morgan fingerprint density at radius 2 is 1.97 bits per heavy atom. The number of aromatic nitrogens is 1. The molecule has 1 heterocycles. The van der Waals surface area contributed by atoms with Crippen LogP contribution in [-0.4, -0.2) is 27.7 Å². The van der Waals surface area contributed by atoms with Crippen LogP contribution in [0.1, 0.15) is 58.2 Å². The van der Waals surface area contributed by atoms with E-state index < -0.39 is 34.4 Å². The van der Waals surface area contributed by atoms with Crippen molar-refractivity contribution in [2.45, 2.75) is 38.8 Å². The van der Waals surface area contributed by atoms with Gasteiger partial charge in [0, 0.05) is 24.6 Å². The molecular formula is C24H20ClF2N3O3. The molecule has 0 unspecified atom stereocenters. The first-order valence-electron chi connectivity index (χ1n) is 9.95. The van der Waals surface area contributed by atoms with Crippen molar-refractivity contribution in [3.63, 3.8) is 0 Å². The number of terminal acetylenes is 1. The number of rotatable bonds is 6. The monoisotopic (exact) mass is 471 g/mol. The summed E-state index contributed by atoms with van der Waals surface area (Å²) in [6.07, 6.45) is 5.14. The van der Waals surface area contributed by atoms with E-state index in [0.717, 1.165) is 6.07 Å². The SMILES string of the molecule is C#CC1(CC(=O)C(=O)c2c(C)c(C(=O)Nc3ccc(F)c(C#N)c3)n(C)c2Cl)CC(C)(F)C1. The second kappa shape index (κ2) is 8.46. The van der Waals surface area contributed by atoms with Crippen LogP contribution >= 0.6 is 11.6 Å². The van der Waals surface area contributed by atoms with Crippen molar-refractivity contribution in [1.29, 1.82) is 5.26 Å². The van der Waals surface area contributed by atoms with Crippen LogP contribution in [0.2, 0.25) is 5.15 Å². The Kier molecular flexibility index (Phi) is 6.19. The van der Waals surface area contributed by atoms with Gasteiger partial charge >= 0.3 is 0 Å². The maximum atomic E-state index is 14.0. The number of benzene rings is 1. The summed E-state index contributed by atoms with van der Waals surface area (Å²) in [5, 5.41) is 11.4.